The van der Waals surface area contributed by atoms with Gasteiger partial charge in [0, 0.05) is 6.04 Å². The molecule has 9 heteroatoms. The zero-order chi connectivity index (χ0) is 15.2. The summed E-state index contributed by atoms with van der Waals surface area (Å²) < 4.78 is 41.7. The lowest BCUT2D eigenvalue weighted by atomic mass is 10.1. The van der Waals surface area contributed by atoms with E-state index in [4.69, 9.17) is 20.4 Å². The highest BCUT2D eigenvalue weighted by molar-refractivity contribution is 5.74. The fourth-order valence-corrected chi connectivity index (χ4v) is 1.35. The van der Waals surface area contributed by atoms with Crippen molar-refractivity contribution in [2.24, 2.45) is 5.73 Å². The molecule has 0 radical (unpaired) electrons. The third kappa shape index (κ3) is 6.39. The number of nitrogens with two attached hydrogens (primary N) is 1. The van der Waals surface area contributed by atoms with Gasteiger partial charge in [0.1, 0.15) is 0 Å². The summed E-state index contributed by atoms with van der Waals surface area (Å²) >= 11 is 0. The molecule has 0 aromatic heterocycles. The Balaban J connectivity index is 0.000000399. The van der Waals surface area contributed by atoms with E-state index in [1.165, 1.54) is 7.11 Å². The summed E-state index contributed by atoms with van der Waals surface area (Å²) in [5, 5.41) is 7.12. The molecule has 0 spiro atoms. The number of methoxy groups -OCH3 is 1. The van der Waals surface area contributed by atoms with E-state index >= 15 is 0 Å². The van der Waals surface area contributed by atoms with Gasteiger partial charge >= 0.3 is 18.1 Å². The van der Waals surface area contributed by atoms with Crippen molar-refractivity contribution in [3.8, 4) is 0 Å². The minimum absolute atomic E-state index is 0.00843. The quantitative estimate of drug-likeness (QED) is 0.725. The van der Waals surface area contributed by atoms with E-state index in [0.717, 1.165) is 12.8 Å². The molecule has 1 fully saturated rings. The number of ether oxygens (including phenoxy) is 2. The molecule has 0 aromatic carbocycles. The number of hydrogen-bond acceptors (Lipinski definition) is 5. The van der Waals surface area contributed by atoms with Crippen LogP contribution >= 0.6 is 0 Å². The number of esters is 1. The highest BCUT2D eigenvalue weighted by Gasteiger charge is 2.38. The summed E-state index contributed by atoms with van der Waals surface area (Å²) in [5.41, 5.74) is 5.62. The Labute approximate surface area is 107 Å². The number of alkyl halides is 3. The number of carboxylic acid groups (broad SMARTS) is 1. The van der Waals surface area contributed by atoms with E-state index in [2.05, 4.69) is 4.74 Å². The zero-order valence-corrected chi connectivity index (χ0v) is 10.4. The van der Waals surface area contributed by atoms with Crippen LogP contribution in [-0.2, 0) is 19.1 Å². The molecule has 6 nitrogen and oxygen atoms in total. The third-order valence-corrected chi connectivity index (χ3v) is 2.35. The summed E-state index contributed by atoms with van der Waals surface area (Å²) in [5.74, 6) is -3.05. The molecular weight excluding hydrogens is 271 g/mol. The van der Waals surface area contributed by atoms with Crippen LogP contribution in [0.15, 0.2) is 0 Å². The maximum atomic E-state index is 11.0. The second-order valence-electron chi connectivity index (χ2n) is 3.93. The number of aliphatic carboxylic acids is 1. The molecule has 1 aliphatic rings. The van der Waals surface area contributed by atoms with Gasteiger partial charge in [-0.05, 0) is 19.8 Å². The van der Waals surface area contributed by atoms with Crippen molar-refractivity contribution in [3.63, 3.8) is 0 Å². The van der Waals surface area contributed by atoms with Crippen LogP contribution in [-0.4, -0.2) is 48.6 Å². The summed E-state index contributed by atoms with van der Waals surface area (Å²) in [7, 11) is 1.37. The minimum Gasteiger partial charge on any atom is -0.475 e. The van der Waals surface area contributed by atoms with Crippen LogP contribution in [0.3, 0.4) is 0 Å². The van der Waals surface area contributed by atoms with Gasteiger partial charge in [0.2, 0.25) is 0 Å². The summed E-state index contributed by atoms with van der Waals surface area (Å²) in [4.78, 5) is 19.9. The summed E-state index contributed by atoms with van der Waals surface area (Å²) in [6, 6.07) is -0.0142. The van der Waals surface area contributed by atoms with Crippen LogP contribution in [0.1, 0.15) is 19.8 Å². The van der Waals surface area contributed by atoms with Crippen molar-refractivity contribution in [1.29, 1.82) is 0 Å². The Hall–Kier alpha value is -1.35. The van der Waals surface area contributed by atoms with Crippen molar-refractivity contribution in [3.05, 3.63) is 0 Å². The number of rotatable bonds is 2. The molecule has 1 aliphatic heterocycles. The molecule has 112 valence electrons. The number of carboxylic acids is 1. The van der Waals surface area contributed by atoms with Crippen LogP contribution in [0.4, 0.5) is 13.2 Å². The number of carbonyl (C=O) groups is 2. The van der Waals surface area contributed by atoms with Crippen molar-refractivity contribution >= 4 is 11.9 Å². The molecule has 1 rings (SSSR count). The lowest BCUT2D eigenvalue weighted by Crippen LogP contribution is -2.33. The van der Waals surface area contributed by atoms with E-state index in [1.54, 1.807) is 0 Å². The average molecular weight is 287 g/mol. The fourth-order valence-electron chi connectivity index (χ4n) is 1.35. The lowest BCUT2D eigenvalue weighted by molar-refractivity contribution is -0.192. The van der Waals surface area contributed by atoms with E-state index in [0.29, 0.717) is 0 Å². The van der Waals surface area contributed by atoms with Gasteiger partial charge in [0.25, 0.3) is 0 Å². The predicted molar refractivity (Wildman–Crippen MR) is 57.3 cm³/mol. The first-order chi connectivity index (χ1) is 8.59. The zero-order valence-electron chi connectivity index (χ0n) is 10.4. The molecule has 0 aliphatic carbocycles. The van der Waals surface area contributed by atoms with Gasteiger partial charge in [0.05, 0.1) is 13.2 Å². The first-order valence-corrected chi connectivity index (χ1v) is 5.38. The van der Waals surface area contributed by atoms with Crippen LogP contribution < -0.4 is 5.73 Å². The van der Waals surface area contributed by atoms with Crippen LogP contribution in [0, 0.1) is 0 Å². The topological polar surface area (TPSA) is 98.9 Å². The molecule has 1 heterocycles. The standard InChI is InChI=1S/C8H15NO3.C2HF3O2/c1-5(9)6-3-4-7(12-6)8(10)11-2;3-2(4,5)1(6)7/h5-7H,3-4,9H2,1-2H3;(H,6,7)/t5-,6-,7+;/m1./s1. The molecule has 3 atom stereocenters. The van der Waals surface area contributed by atoms with Gasteiger partial charge in [-0.1, -0.05) is 0 Å². The molecule has 0 amide bonds. The molecule has 0 unspecified atom stereocenters. The van der Waals surface area contributed by atoms with Crippen LogP contribution in [0.5, 0.6) is 0 Å². The molecule has 0 saturated carbocycles. The van der Waals surface area contributed by atoms with Gasteiger partial charge in [-0.15, -0.1) is 0 Å². The Morgan fingerprint density at radius 2 is 1.89 bits per heavy atom. The maximum Gasteiger partial charge on any atom is 0.490 e. The molecule has 1 saturated heterocycles. The third-order valence-electron chi connectivity index (χ3n) is 2.35. The second kappa shape index (κ2) is 7.29. The van der Waals surface area contributed by atoms with Crippen LogP contribution in [0.2, 0.25) is 0 Å². The highest BCUT2D eigenvalue weighted by atomic mass is 19.4. The highest BCUT2D eigenvalue weighted by Crippen LogP contribution is 2.22. The average Bonchev–Trinajstić information content (AvgIpc) is 2.76. The van der Waals surface area contributed by atoms with Crippen molar-refractivity contribution in [2.75, 3.05) is 7.11 Å². The Morgan fingerprint density at radius 1 is 1.42 bits per heavy atom. The summed E-state index contributed by atoms with van der Waals surface area (Å²) in [6.45, 7) is 1.88. The van der Waals surface area contributed by atoms with Gasteiger partial charge in [-0.25, -0.2) is 9.59 Å². The Morgan fingerprint density at radius 3 is 2.16 bits per heavy atom. The Bertz CT molecular complexity index is 319. The fraction of sp³-hybridized carbons (Fsp3) is 0.800. The Kier molecular flexibility index (Phi) is 6.77. The van der Waals surface area contributed by atoms with Gasteiger partial charge < -0.3 is 20.3 Å². The molecular formula is C10H16F3NO5. The smallest absolute Gasteiger partial charge is 0.475 e. The van der Waals surface area contributed by atoms with Gasteiger partial charge in [-0.3, -0.25) is 0 Å². The number of hydrogen-bond donors (Lipinski definition) is 2. The first-order valence-electron chi connectivity index (χ1n) is 5.38. The lowest BCUT2D eigenvalue weighted by Gasteiger charge is -2.14. The normalized spacial score (nSPS) is 24.1. The van der Waals surface area contributed by atoms with Gasteiger partial charge in [0.15, 0.2) is 6.10 Å². The molecule has 19 heavy (non-hydrogen) atoms. The second-order valence-corrected chi connectivity index (χ2v) is 3.93. The van der Waals surface area contributed by atoms with Crippen molar-refractivity contribution in [2.45, 2.75) is 44.2 Å². The predicted octanol–water partition coefficient (Wildman–Crippen LogP) is 0.687. The maximum absolute atomic E-state index is 11.0. The van der Waals surface area contributed by atoms with Crippen molar-refractivity contribution < 1.29 is 37.3 Å². The largest absolute Gasteiger partial charge is 0.490 e. The van der Waals surface area contributed by atoms with Crippen LogP contribution in [0.25, 0.3) is 0 Å². The molecule has 0 aromatic rings. The van der Waals surface area contributed by atoms with E-state index in [-0.39, 0.29) is 18.1 Å². The number of halogens is 3. The number of carbonyl (C=O) groups excluding carboxylic acids is 1. The van der Waals surface area contributed by atoms with E-state index in [9.17, 15) is 18.0 Å². The van der Waals surface area contributed by atoms with Gasteiger partial charge in [-0.2, -0.15) is 13.2 Å². The van der Waals surface area contributed by atoms with E-state index in [1.807, 2.05) is 6.92 Å². The first kappa shape index (κ1) is 17.6. The summed E-state index contributed by atoms with van der Waals surface area (Å²) in [6.07, 6.45) is -3.91. The molecule has 3 N–H and O–H groups in total. The monoisotopic (exact) mass is 287 g/mol. The molecule has 0 bridgehead atoms. The van der Waals surface area contributed by atoms with E-state index < -0.39 is 18.2 Å². The van der Waals surface area contributed by atoms with Crippen molar-refractivity contribution in [1.82, 2.24) is 0 Å². The minimum atomic E-state index is -5.08. The SMILES string of the molecule is COC(=O)[C@@H]1CC[C@H]([C@@H](C)N)O1.O=C(O)C(F)(F)F.